The van der Waals surface area contributed by atoms with Crippen LogP contribution in [0.2, 0.25) is 0 Å². The summed E-state index contributed by atoms with van der Waals surface area (Å²) >= 11 is 0. The zero-order valence-corrected chi connectivity index (χ0v) is 13.2. The topological polar surface area (TPSA) is 86.5 Å². The van der Waals surface area contributed by atoms with Crippen molar-refractivity contribution in [1.82, 2.24) is 0 Å². The Morgan fingerprint density at radius 1 is 1.16 bits per heavy atom. The van der Waals surface area contributed by atoms with Gasteiger partial charge in [0.15, 0.2) is 6.10 Å². The Bertz CT molecular complexity index is 830. The minimum atomic E-state index is -1.08. The van der Waals surface area contributed by atoms with Crippen LogP contribution in [-0.2, 0) is 9.53 Å². The average molecular weight is 343 g/mol. The standard InChI is InChI=1S/C18H14FNO5/c1-12(18(22)14-6-9-15(19)10-7-14)25-17(21)11-8-13-4-2-3-5-16(13)20(23)24/h2-12H,1H3/b11-8+/t12-/m1/s1. The first-order valence-corrected chi connectivity index (χ1v) is 7.30. The lowest BCUT2D eigenvalue weighted by atomic mass is 10.1. The molecule has 0 radical (unpaired) electrons. The van der Waals surface area contributed by atoms with Crippen LogP contribution in [-0.4, -0.2) is 22.8 Å². The molecule has 2 rings (SSSR count). The van der Waals surface area contributed by atoms with Crippen molar-refractivity contribution in [3.05, 3.63) is 81.7 Å². The molecule has 0 bridgehead atoms. The highest BCUT2D eigenvalue weighted by atomic mass is 19.1. The Hall–Kier alpha value is -3.35. The molecular formula is C18H14FNO5. The number of para-hydroxylation sites is 1. The van der Waals surface area contributed by atoms with E-state index in [0.29, 0.717) is 0 Å². The number of benzene rings is 2. The molecule has 25 heavy (non-hydrogen) atoms. The summed E-state index contributed by atoms with van der Waals surface area (Å²) in [7, 11) is 0. The molecule has 1 atom stereocenters. The summed E-state index contributed by atoms with van der Waals surface area (Å²) in [4.78, 5) is 34.2. The molecule has 0 heterocycles. The number of hydrogen-bond donors (Lipinski definition) is 0. The fourth-order valence-corrected chi connectivity index (χ4v) is 2.07. The van der Waals surface area contributed by atoms with E-state index in [1.54, 1.807) is 6.07 Å². The van der Waals surface area contributed by atoms with Crippen molar-refractivity contribution >= 4 is 23.5 Å². The highest BCUT2D eigenvalue weighted by Crippen LogP contribution is 2.19. The molecule has 0 N–H and O–H groups in total. The third-order valence-corrected chi connectivity index (χ3v) is 3.32. The van der Waals surface area contributed by atoms with Gasteiger partial charge in [-0.1, -0.05) is 12.1 Å². The molecule has 0 amide bonds. The molecular weight excluding hydrogens is 329 g/mol. The number of carbonyl (C=O) groups is 2. The Balaban J connectivity index is 2.03. The monoisotopic (exact) mass is 343 g/mol. The molecule has 2 aromatic rings. The third kappa shape index (κ3) is 4.81. The van der Waals surface area contributed by atoms with Crippen LogP contribution in [0.5, 0.6) is 0 Å². The summed E-state index contributed by atoms with van der Waals surface area (Å²) in [6, 6.07) is 10.8. The summed E-state index contributed by atoms with van der Waals surface area (Å²) in [5.74, 6) is -1.78. The van der Waals surface area contributed by atoms with Crippen molar-refractivity contribution in [1.29, 1.82) is 0 Å². The second kappa shape index (κ2) is 7.96. The molecule has 0 aliphatic rings. The summed E-state index contributed by atoms with van der Waals surface area (Å²) in [5.41, 5.74) is 0.299. The van der Waals surface area contributed by atoms with Gasteiger partial charge in [0.25, 0.3) is 5.69 Å². The van der Waals surface area contributed by atoms with Gasteiger partial charge in [0.05, 0.1) is 10.5 Å². The van der Waals surface area contributed by atoms with Crippen LogP contribution in [0.3, 0.4) is 0 Å². The molecule has 0 aliphatic heterocycles. The molecule has 0 aliphatic carbocycles. The van der Waals surface area contributed by atoms with Crippen molar-refractivity contribution in [2.45, 2.75) is 13.0 Å². The lowest BCUT2D eigenvalue weighted by Crippen LogP contribution is -2.23. The van der Waals surface area contributed by atoms with Crippen LogP contribution >= 0.6 is 0 Å². The number of ketones is 1. The molecule has 2 aromatic carbocycles. The van der Waals surface area contributed by atoms with Gasteiger partial charge >= 0.3 is 5.97 Å². The van der Waals surface area contributed by atoms with E-state index in [9.17, 15) is 24.1 Å². The molecule has 0 aromatic heterocycles. The molecule has 0 spiro atoms. The number of esters is 1. The summed E-state index contributed by atoms with van der Waals surface area (Å²) in [6.45, 7) is 1.39. The number of nitro groups is 1. The number of hydrogen-bond acceptors (Lipinski definition) is 5. The molecule has 0 unspecified atom stereocenters. The first-order chi connectivity index (χ1) is 11.9. The molecule has 7 heteroatoms. The largest absolute Gasteiger partial charge is 0.451 e. The zero-order chi connectivity index (χ0) is 18.4. The van der Waals surface area contributed by atoms with Crippen LogP contribution in [0, 0.1) is 15.9 Å². The number of carbonyl (C=O) groups excluding carboxylic acids is 2. The smallest absolute Gasteiger partial charge is 0.331 e. The van der Waals surface area contributed by atoms with Crippen molar-refractivity contribution in [2.75, 3.05) is 0 Å². The lowest BCUT2D eigenvalue weighted by Gasteiger charge is -2.10. The van der Waals surface area contributed by atoms with Gasteiger partial charge in [-0.15, -0.1) is 0 Å². The maximum atomic E-state index is 12.9. The second-order valence-electron chi connectivity index (χ2n) is 5.10. The van der Waals surface area contributed by atoms with E-state index in [4.69, 9.17) is 4.74 Å². The molecule has 6 nitrogen and oxygen atoms in total. The Morgan fingerprint density at radius 2 is 1.80 bits per heavy atom. The highest BCUT2D eigenvalue weighted by Gasteiger charge is 2.18. The van der Waals surface area contributed by atoms with Crippen LogP contribution < -0.4 is 0 Å². The predicted molar refractivity (Wildman–Crippen MR) is 88.4 cm³/mol. The van der Waals surface area contributed by atoms with E-state index in [1.807, 2.05) is 0 Å². The minimum absolute atomic E-state index is 0.151. The van der Waals surface area contributed by atoms with E-state index < -0.39 is 28.6 Å². The average Bonchev–Trinajstić information content (AvgIpc) is 2.60. The van der Waals surface area contributed by atoms with Gasteiger partial charge in [-0.25, -0.2) is 9.18 Å². The summed E-state index contributed by atoms with van der Waals surface area (Å²) in [6.07, 6.45) is 1.18. The Labute approximate surface area is 142 Å². The lowest BCUT2D eigenvalue weighted by molar-refractivity contribution is -0.385. The van der Waals surface area contributed by atoms with Gasteiger partial charge in [-0.3, -0.25) is 14.9 Å². The number of halogens is 1. The van der Waals surface area contributed by atoms with Crippen LogP contribution in [0.15, 0.2) is 54.6 Å². The van der Waals surface area contributed by atoms with Crippen LogP contribution in [0.25, 0.3) is 6.08 Å². The van der Waals surface area contributed by atoms with Gasteiger partial charge in [0.1, 0.15) is 5.82 Å². The van der Waals surface area contributed by atoms with E-state index in [-0.39, 0.29) is 16.8 Å². The van der Waals surface area contributed by atoms with Crippen molar-refractivity contribution in [3.8, 4) is 0 Å². The molecule has 0 fully saturated rings. The second-order valence-corrected chi connectivity index (χ2v) is 5.10. The van der Waals surface area contributed by atoms with Gasteiger partial charge in [0, 0.05) is 17.7 Å². The van der Waals surface area contributed by atoms with E-state index in [1.165, 1.54) is 43.3 Å². The SMILES string of the molecule is C[C@@H](OC(=O)/C=C/c1ccccc1[N+](=O)[O-])C(=O)c1ccc(F)cc1. The number of nitro benzene ring substituents is 1. The highest BCUT2D eigenvalue weighted by molar-refractivity contribution is 6.01. The fourth-order valence-electron chi connectivity index (χ4n) is 2.07. The first-order valence-electron chi connectivity index (χ1n) is 7.30. The fraction of sp³-hybridized carbons (Fsp3) is 0.111. The quantitative estimate of drug-likeness (QED) is 0.263. The van der Waals surface area contributed by atoms with E-state index in [0.717, 1.165) is 18.2 Å². The zero-order valence-electron chi connectivity index (χ0n) is 13.2. The summed E-state index contributed by atoms with van der Waals surface area (Å²) in [5, 5.41) is 10.9. The van der Waals surface area contributed by atoms with Crippen molar-refractivity contribution in [3.63, 3.8) is 0 Å². The predicted octanol–water partition coefficient (Wildman–Crippen LogP) is 3.56. The van der Waals surface area contributed by atoms with Crippen molar-refractivity contribution < 1.29 is 23.6 Å². The normalized spacial score (nSPS) is 11.9. The maximum Gasteiger partial charge on any atom is 0.331 e. The Morgan fingerprint density at radius 3 is 2.44 bits per heavy atom. The van der Waals surface area contributed by atoms with E-state index >= 15 is 0 Å². The van der Waals surface area contributed by atoms with Crippen molar-refractivity contribution in [2.24, 2.45) is 0 Å². The van der Waals surface area contributed by atoms with E-state index in [2.05, 4.69) is 0 Å². The molecule has 0 saturated carbocycles. The first kappa shape index (κ1) is 18.0. The molecule has 128 valence electrons. The van der Waals surface area contributed by atoms with Gasteiger partial charge < -0.3 is 4.74 Å². The van der Waals surface area contributed by atoms with Gasteiger partial charge in [-0.2, -0.15) is 0 Å². The minimum Gasteiger partial charge on any atom is -0.451 e. The third-order valence-electron chi connectivity index (χ3n) is 3.32. The number of nitrogens with zero attached hydrogens (tertiary/aromatic N) is 1. The van der Waals surface area contributed by atoms with Gasteiger partial charge in [-0.05, 0) is 43.3 Å². The number of Topliss-reactive ketones (excluding diaryl/α,β-unsaturated/α-hetero) is 1. The van der Waals surface area contributed by atoms with Crippen LogP contribution in [0.1, 0.15) is 22.8 Å². The van der Waals surface area contributed by atoms with Gasteiger partial charge in [0.2, 0.25) is 5.78 Å². The summed E-state index contributed by atoms with van der Waals surface area (Å²) < 4.78 is 17.8. The maximum absolute atomic E-state index is 12.9. The molecule has 0 saturated heterocycles. The number of ether oxygens (including phenoxy) is 1. The number of rotatable bonds is 6. The Kier molecular flexibility index (Phi) is 5.73. The van der Waals surface area contributed by atoms with Crippen LogP contribution in [0.4, 0.5) is 10.1 Å².